The number of methoxy groups -OCH3 is 1. The summed E-state index contributed by atoms with van der Waals surface area (Å²) in [5.41, 5.74) is 1.19. The number of carbonyl (C=O) groups excluding carboxylic acids is 1. The van der Waals surface area contributed by atoms with Gasteiger partial charge in [-0.1, -0.05) is 0 Å². The van der Waals surface area contributed by atoms with E-state index in [9.17, 15) is 4.79 Å². The van der Waals surface area contributed by atoms with Crippen LogP contribution in [-0.4, -0.2) is 60.6 Å². The number of ether oxygens (including phenoxy) is 1. The lowest BCUT2D eigenvalue weighted by atomic mass is 9.79. The molecule has 1 aromatic heterocycles. The summed E-state index contributed by atoms with van der Waals surface area (Å²) in [6, 6.07) is 4.15. The third kappa shape index (κ3) is 3.72. The molecule has 0 unspecified atom stereocenters. The number of nitrogens with zero attached hydrogens (tertiary/aromatic N) is 3. The van der Waals surface area contributed by atoms with Gasteiger partial charge in [0.15, 0.2) is 0 Å². The molecule has 3 heterocycles. The van der Waals surface area contributed by atoms with Crippen LogP contribution in [0.3, 0.4) is 0 Å². The Morgan fingerprint density at radius 2 is 1.96 bits per heavy atom. The van der Waals surface area contributed by atoms with E-state index in [1.165, 1.54) is 5.56 Å². The van der Waals surface area contributed by atoms with Crippen molar-refractivity contribution in [1.82, 2.24) is 14.8 Å². The van der Waals surface area contributed by atoms with E-state index >= 15 is 0 Å². The highest BCUT2D eigenvalue weighted by atomic mass is 16.5. The van der Waals surface area contributed by atoms with Gasteiger partial charge in [0.05, 0.1) is 12.0 Å². The van der Waals surface area contributed by atoms with Crippen molar-refractivity contribution in [3.05, 3.63) is 30.1 Å². The van der Waals surface area contributed by atoms with Gasteiger partial charge in [-0.15, -0.1) is 0 Å². The van der Waals surface area contributed by atoms with Gasteiger partial charge in [0, 0.05) is 39.1 Å². The first kappa shape index (κ1) is 16.4. The summed E-state index contributed by atoms with van der Waals surface area (Å²) in [5, 5.41) is 0. The largest absolute Gasteiger partial charge is 0.383 e. The monoisotopic (exact) mass is 317 g/mol. The Labute approximate surface area is 138 Å². The summed E-state index contributed by atoms with van der Waals surface area (Å²) in [6.07, 6.45) is 7.84. The molecule has 0 aromatic carbocycles. The van der Waals surface area contributed by atoms with Crippen LogP contribution in [0.4, 0.5) is 0 Å². The van der Waals surface area contributed by atoms with E-state index in [1.807, 2.05) is 17.3 Å². The van der Waals surface area contributed by atoms with Gasteiger partial charge in [-0.25, -0.2) is 0 Å². The molecule has 2 aliphatic rings. The van der Waals surface area contributed by atoms with E-state index in [1.54, 1.807) is 7.11 Å². The fraction of sp³-hybridized carbons (Fsp3) is 0.667. The lowest BCUT2D eigenvalue weighted by Crippen LogP contribution is -2.37. The molecule has 0 aliphatic carbocycles. The molecular weight excluding hydrogens is 290 g/mol. The third-order valence-corrected chi connectivity index (χ3v) is 5.36. The van der Waals surface area contributed by atoms with Crippen LogP contribution in [-0.2, 0) is 16.1 Å². The van der Waals surface area contributed by atoms with Crippen molar-refractivity contribution < 1.29 is 9.53 Å². The molecule has 3 rings (SSSR count). The average Bonchev–Trinajstić information content (AvgIpc) is 2.75. The van der Waals surface area contributed by atoms with Crippen LogP contribution in [0.25, 0.3) is 0 Å². The van der Waals surface area contributed by atoms with Crippen molar-refractivity contribution in [3.63, 3.8) is 0 Å². The molecule has 0 N–H and O–H groups in total. The molecule has 0 bridgehead atoms. The minimum Gasteiger partial charge on any atom is -0.383 e. The zero-order chi connectivity index (χ0) is 16.1. The molecule has 23 heavy (non-hydrogen) atoms. The molecule has 1 aromatic rings. The SMILES string of the molecule is COCCN1CC[C@@]2(CCCN(Cc3ccncc3)CC2)C1=O. The third-order valence-electron chi connectivity index (χ3n) is 5.36. The molecule has 1 spiro atoms. The Kier molecular flexibility index (Phi) is 5.28. The predicted octanol–water partition coefficient (Wildman–Crippen LogP) is 1.93. The Morgan fingerprint density at radius 3 is 2.74 bits per heavy atom. The molecule has 0 radical (unpaired) electrons. The summed E-state index contributed by atoms with van der Waals surface area (Å²) in [7, 11) is 1.69. The molecule has 2 aliphatic heterocycles. The van der Waals surface area contributed by atoms with Crippen LogP contribution < -0.4 is 0 Å². The van der Waals surface area contributed by atoms with Crippen molar-refractivity contribution >= 4 is 5.91 Å². The molecule has 126 valence electrons. The Bertz CT molecular complexity index is 522. The predicted molar refractivity (Wildman–Crippen MR) is 88.9 cm³/mol. The first-order chi connectivity index (χ1) is 11.2. The van der Waals surface area contributed by atoms with Crippen LogP contribution >= 0.6 is 0 Å². The van der Waals surface area contributed by atoms with E-state index in [-0.39, 0.29) is 5.41 Å². The van der Waals surface area contributed by atoms with Crippen molar-refractivity contribution in [3.8, 4) is 0 Å². The van der Waals surface area contributed by atoms with Gasteiger partial charge >= 0.3 is 0 Å². The minimum atomic E-state index is -0.110. The molecular formula is C18H27N3O2. The second kappa shape index (κ2) is 7.41. The number of rotatable bonds is 5. The standard InChI is InChI=1S/C18H27N3O2/c1-23-14-13-21-12-7-18(17(21)22)5-2-10-20(11-6-18)15-16-3-8-19-9-4-16/h3-4,8-9H,2,5-7,10-15H2,1H3/t18-/m0/s1. The van der Waals surface area contributed by atoms with Gasteiger partial charge in [0.2, 0.25) is 5.91 Å². The molecule has 2 fully saturated rings. The van der Waals surface area contributed by atoms with E-state index < -0.39 is 0 Å². The minimum absolute atomic E-state index is 0.110. The summed E-state index contributed by atoms with van der Waals surface area (Å²) in [6.45, 7) is 5.31. The second-order valence-electron chi connectivity index (χ2n) is 6.80. The Balaban J connectivity index is 1.59. The van der Waals surface area contributed by atoms with E-state index in [0.717, 1.165) is 58.4 Å². The highest BCUT2D eigenvalue weighted by molar-refractivity contribution is 5.84. The number of aromatic nitrogens is 1. The van der Waals surface area contributed by atoms with Gasteiger partial charge < -0.3 is 9.64 Å². The van der Waals surface area contributed by atoms with Gasteiger partial charge in [-0.2, -0.15) is 0 Å². The lowest BCUT2D eigenvalue weighted by Gasteiger charge is -2.26. The summed E-state index contributed by atoms with van der Waals surface area (Å²) < 4.78 is 5.13. The highest BCUT2D eigenvalue weighted by Crippen LogP contribution is 2.41. The highest BCUT2D eigenvalue weighted by Gasteiger charge is 2.46. The van der Waals surface area contributed by atoms with Crippen LogP contribution in [0.2, 0.25) is 0 Å². The number of likely N-dealkylation sites (tertiary alicyclic amines) is 2. The molecule has 5 heteroatoms. The zero-order valence-electron chi connectivity index (χ0n) is 14.0. The zero-order valence-corrected chi connectivity index (χ0v) is 14.0. The first-order valence-corrected chi connectivity index (χ1v) is 8.63. The fourth-order valence-corrected chi connectivity index (χ4v) is 3.93. The van der Waals surface area contributed by atoms with E-state index in [0.29, 0.717) is 12.5 Å². The van der Waals surface area contributed by atoms with Crippen LogP contribution in [0.1, 0.15) is 31.2 Å². The van der Waals surface area contributed by atoms with Gasteiger partial charge in [-0.05, 0) is 56.5 Å². The van der Waals surface area contributed by atoms with Gasteiger partial charge in [0.1, 0.15) is 0 Å². The van der Waals surface area contributed by atoms with Crippen LogP contribution in [0.5, 0.6) is 0 Å². The number of hydrogen-bond donors (Lipinski definition) is 0. The van der Waals surface area contributed by atoms with Crippen LogP contribution in [0, 0.1) is 5.41 Å². The quantitative estimate of drug-likeness (QED) is 0.832. The molecule has 2 saturated heterocycles. The van der Waals surface area contributed by atoms with Crippen molar-refractivity contribution in [1.29, 1.82) is 0 Å². The van der Waals surface area contributed by atoms with E-state index in [2.05, 4.69) is 22.0 Å². The van der Waals surface area contributed by atoms with Crippen LogP contribution in [0.15, 0.2) is 24.5 Å². The maximum atomic E-state index is 12.8. The smallest absolute Gasteiger partial charge is 0.228 e. The molecule has 1 amide bonds. The number of hydrogen-bond acceptors (Lipinski definition) is 4. The molecule has 1 atom stereocenters. The van der Waals surface area contributed by atoms with E-state index in [4.69, 9.17) is 4.74 Å². The Morgan fingerprint density at radius 1 is 1.17 bits per heavy atom. The maximum absolute atomic E-state index is 12.8. The summed E-state index contributed by atoms with van der Waals surface area (Å²) >= 11 is 0. The van der Waals surface area contributed by atoms with Crippen molar-refractivity contribution in [2.45, 2.75) is 32.2 Å². The average molecular weight is 317 g/mol. The number of pyridine rings is 1. The molecule has 0 saturated carbocycles. The van der Waals surface area contributed by atoms with Crippen molar-refractivity contribution in [2.24, 2.45) is 5.41 Å². The van der Waals surface area contributed by atoms with Crippen molar-refractivity contribution in [2.75, 3.05) is 39.9 Å². The summed E-state index contributed by atoms with van der Waals surface area (Å²) in [4.78, 5) is 21.4. The Hall–Kier alpha value is -1.46. The lowest BCUT2D eigenvalue weighted by molar-refractivity contribution is -0.137. The normalized spacial score (nSPS) is 26.0. The molecule has 5 nitrogen and oxygen atoms in total. The van der Waals surface area contributed by atoms with Gasteiger partial charge in [-0.3, -0.25) is 14.7 Å². The number of carbonyl (C=O) groups is 1. The summed E-state index contributed by atoms with van der Waals surface area (Å²) in [5.74, 6) is 0.361. The first-order valence-electron chi connectivity index (χ1n) is 8.63. The fourth-order valence-electron chi connectivity index (χ4n) is 3.93. The van der Waals surface area contributed by atoms with Gasteiger partial charge in [0.25, 0.3) is 0 Å². The maximum Gasteiger partial charge on any atom is 0.228 e. The number of amides is 1. The topological polar surface area (TPSA) is 45.7 Å². The second-order valence-corrected chi connectivity index (χ2v) is 6.80.